The molecule has 0 saturated carbocycles. The van der Waals surface area contributed by atoms with Gasteiger partial charge in [0, 0.05) is 0 Å². The second kappa shape index (κ2) is 5.22. The monoisotopic (exact) mass is 250 g/mol. The van der Waals surface area contributed by atoms with Gasteiger partial charge in [0.15, 0.2) is 0 Å². The van der Waals surface area contributed by atoms with Crippen LogP contribution < -0.4 is 0 Å². The molecule has 1 rings (SSSR count). The number of aliphatic hydroxyl groups is 2. The zero-order chi connectivity index (χ0) is 13.1. The van der Waals surface area contributed by atoms with E-state index in [1.807, 2.05) is 6.08 Å². The Morgan fingerprint density at radius 1 is 1.53 bits per heavy atom. The number of hydrogen-bond acceptors (Lipinski definition) is 2. The molecule has 0 heterocycles. The van der Waals surface area contributed by atoms with Gasteiger partial charge in [0.05, 0.1) is 0 Å². The van der Waals surface area contributed by atoms with Crippen molar-refractivity contribution in [2.24, 2.45) is 0 Å². The van der Waals surface area contributed by atoms with E-state index in [0.29, 0.717) is 12.0 Å². The standard InChI is InChI=1S/C14H22O2Si/c1-5-12-8-6-7-10-14(12,16)13(15)9-11-17(2,3)4/h5,8,13,15-16H,1,6-7,10H2,2-4H3/t13-,14-/m1/s1. The molecule has 3 heteroatoms. The highest BCUT2D eigenvalue weighted by molar-refractivity contribution is 6.83. The summed E-state index contributed by atoms with van der Waals surface area (Å²) in [6.45, 7) is 10.0. The van der Waals surface area contributed by atoms with Gasteiger partial charge in [-0.15, -0.1) is 5.54 Å². The average molecular weight is 250 g/mol. The van der Waals surface area contributed by atoms with E-state index in [9.17, 15) is 10.2 Å². The molecule has 0 saturated heterocycles. The second-order valence-corrected chi connectivity index (χ2v) is 10.4. The van der Waals surface area contributed by atoms with Gasteiger partial charge in [-0.3, -0.25) is 0 Å². The van der Waals surface area contributed by atoms with Crippen molar-refractivity contribution in [3.05, 3.63) is 24.3 Å². The zero-order valence-corrected chi connectivity index (χ0v) is 12.0. The predicted octanol–water partition coefficient (Wildman–Crippen LogP) is 2.26. The summed E-state index contributed by atoms with van der Waals surface area (Å²) >= 11 is 0. The third-order valence-corrected chi connectivity index (χ3v) is 3.78. The number of hydrogen-bond donors (Lipinski definition) is 2. The Balaban J connectivity index is 2.96. The van der Waals surface area contributed by atoms with Crippen LogP contribution in [0.3, 0.4) is 0 Å². The first-order chi connectivity index (χ1) is 7.79. The minimum atomic E-state index is -1.53. The molecule has 1 aliphatic rings. The molecule has 0 aromatic carbocycles. The molecule has 0 bridgehead atoms. The van der Waals surface area contributed by atoms with Crippen molar-refractivity contribution >= 4 is 8.07 Å². The Morgan fingerprint density at radius 3 is 2.71 bits per heavy atom. The lowest BCUT2D eigenvalue weighted by Crippen LogP contribution is -2.44. The second-order valence-electron chi connectivity index (χ2n) is 5.60. The number of allylic oxidation sites excluding steroid dienone is 1. The molecule has 1 aliphatic carbocycles. The normalized spacial score (nSPS) is 26.5. The van der Waals surface area contributed by atoms with Gasteiger partial charge < -0.3 is 10.2 Å². The molecular weight excluding hydrogens is 228 g/mol. The van der Waals surface area contributed by atoms with Crippen LogP contribution in [0.15, 0.2) is 24.3 Å². The molecule has 2 nitrogen and oxygen atoms in total. The highest BCUT2D eigenvalue weighted by Crippen LogP contribution is 2.32. The van der Waals surface area contributed by atoms with Gasteiger partial charge >= 0.3 is 0 Å². The van der Waals surface area contributed by atoms with Crippen LogP contribution in [-0.2, 0) is 0 Å². The van der Waals surface area contributed by atoms with Crippen LogP contribution in [0, 0.1) is 11.5 Å². The summed E-state index contributed by atoms with van der Waals surface area (Å²) in [5.41, 5.74) is 2.59. The van der Waals surface area contributed by atoms with E-state index in [1.165, 1.54) is 0 Å². The van der Waals surface area contributed by atoms with Crippen molar-refractivity contribution in [3.63, 3.8) is 0 Å². The van der Waals surface area contributed by atoms with Crippen LogP contribution in [0.1, 0.15) is 19.3 Å². The molecule has 0 radical (unpaired) electrons. The van der Waals surface area contributed by atoms with Gasteiger partial charge in [-0.25, -0.2) is 0 Å². The molecule has 0 amide bonds. The van der Waals surface area contributed by atoms with Crippen molar-refractivity contribution in [3.8, 4) is 11.5 Å². The zero-order valence-electron chi connectivity index (χ0n) is 11.0. The molecule has 17 heavy (non-hydrogen) atoms. The highest BCUT2D eigenvalue weighted by atomic mass is 28.3. The molecule has 2 N–H and O–H groups in total. The largest absolute Gasteiger partial charge is 0.381 e. The quantitative estimate of drug-likeness (QED) is 0.583. The SMILES string of the molecule is C=CC1=CCCC[C@]1(O)[C@H](O)C#C[Si](C)(C)C. The first kappa shape index (κ1) is 14.2. The van der Waals surface area contributed by atoms with Crippen LogP contribution in [-0.4, -0.2) is 30.0 Å². The van der Waals surface area contributed by atoms with Gasteiger partial charge in [-0.2, -0.15) is 0 Å². The molecule has 0 unspecified atom stereocenters. The van der Waals surface area contributed by atoms with Gasteiger partial charge in [0.2, 0.25) is 0 Å². The van der Waals surface area contributed by atoms with E-state index in [-0.39, 0.29) is 0 Å². The summed E-state index contributed by atoms with van der Waals surface area (Å²) in [6, 6.07) is 0. The Hall–Kier alpha value is -0.823. The molecule has 94 valence electrons. The summed E-state index contributed by atoms with van der Waals surface area (Å²) in [6.07, 6.45) is 4.90. The third-order valence-electron chi connectivity index (χ3n) is 2.88. The minimum Gasteiger partial charge on any atom is -0.381 e. The lowest BCUT2D eigenvalue weighted by atomic mass is 9.79. The van der Waals surface area contributed by atoms with Crippen LogP contribution >= 0.6 is 0 Å². The third kappa shape index (κ3) is 3.57. The average Bonchev–Trinajstić information content (AvgIpc) is 2.25. The summed E-state index contributed by atoms with van der Waals surface area (Å²) in [7, 11) is -1.53. The Labute approximate surface area is 105 Å². The molecular formula is C14H22O2Si. The highest BCUT2D eigenvalue weighted by Gasteiger charge is 2.38. The van der Waals surface area contributed by atoms with E-state index in [4.69, 9.17) is 0 Å². The topological polar surface area (TPSA) is 40.5 Å². The molecule has 0 aromatic heterocycles. The lowest BCUT2D eigenvalue weighted by molar-refractivity contribution is -0.0262. The fourth-order valence-electron chi connectivity index (χ4n) is 1.91. The molecule has 0 spiro atoms. The Bertz CT molecular complexity index is 381. The van der Waals surface area contributed by atoms with Crippen LogP contribution in [0.25, 0.3) is 0 Å². The number of rotatable bonds is 2. The minimum absolute atomic E-state index is 0.548. The summed E-state index contributed by atoms with van der Waals surface area (Å²) in [5, 5.41) is 20.6. The van der Waals surface area contributed by atoms with Crippen molar-refractivity contribution < 1.29 is 10.2 Å². The maximum atomic E-state index is 10.5. The van der Waals surface area contributed by atoms with E-state index < -0.39 is 19.8 Å². The fourth-order valence-corrected chi connectivity index (χ4v) is 2.48. The van der Waals surface area contributed by atoms with E-state index in [0.717, 1.165) is 12.8 Å². The van der Waals surface area contributed by atoms with Crippen LogP contribution in [0.2, 0.25) is 19.6 Å². The van der Waals surface area contributed by atoms with Gasteiger partial charge in [-0.1, -0.05) is 44.3 Å². The van der Waals surface area contributed by atoms with Crippen molar-refractivity contribution in [1.29, 1.82) is 0 Å². The maximum absolute atomic E-state index is 10.5. The first-order valence-electron chi connectivity index (χ1n) is 6.06. The van der Waals surface area contributed by atoms with Gasteiger partial charge in [0.1, 0.15) is 19.8 Å². The first-order valence-corrected chi connectivity index (χ1v) is 9.56. The van der Waals surface area contributed by atoms with Gasteiger partial charge in [0.25, 0.3) is 0 Å². The number of aliphatic hydroxyl groups excluding tert-OH is 1. The maximum Gasteiger partial charge on any atom is 0.146 e. The van der Waals surface area contributed by atoms with Crippen LogP contribution in [0.4, 0.5) is 0 Å². The van der Waals surface area contributed by atoms with Crippen molar-refractivity contribution in [2.75, 3.05) is 0 Å². The molecule has 0 aromatic rings. The summed E-state index contributed by atoms with van der Waals surface area (Å²) < 4.78 is 0. The molecule has 0 aliphatic heterocycles. The van der Waals surface area contributed by atoms with E-state index in [2.05, 4.69) is 37.7 Å². The smallest absolute Gasteiger partial charge is 0.146 e. The fraction of sp³-hybridized carbons (Fsp3) is 0.571. The summed E-state index contributed by atoms with van der Waals surface area (Å²) in [4.78, 5) is 0. The van der Waals surface area contributed by atoms with Gasteiger partial charge in [-0.05, 0) is 24.8 Å². The molecule has 2 atom stereocenters. The lowest BCUT2D eigenvalue weighted by Gasteiger charge is -2.34. The Kier molecular flexibility index (Phi) is 4.37. The van der Waals surface area contributed by atoms with Crippen molar-refractivity contribution in [2.45, 2.75) is 50.6 Å². The molecule has 0 fully saturated rings. The predicted molar refractivity (Wildman–Crippen MR) is 74.2 cm³/mol. The Morgan fingerprint density at radius 2 is 2.18 bits per heavy atom. The van der Waals surface area contributed by atoms with Crippen molar-refractivity contribution in [1.82, 2.24) is 0 Å². The van der Waals surface area contributed by atoms with Crippen LogP contribution in [0.5, 0.6) is 0 Å². The summed E-state index contributed by atoms with van der Waals surface area (Å²) in [5.74, 6) is 2.83. The van der Waals surface area contributed by atoms with E-state index >= 15 is 0 Å². The van der Waals surface area contributed by atoms with E-state index in [1.54, 1.807) is 6.08 Å².